The third-order valence-corrected chi connectivity index (χ3v) is 2.98. The van der Waals surface area contributed by atoms with Crippen molar-refractivity contribution in [3.63, 3.8) is 0 Å². The number of benzene rings is 1. The van der Waals surface area contributed by atoms with E-state index in [2.05, 4.69) is 10.3 Å². The molecule has 0 fully saturated rings. The summed E-state index contributed by atoms with van der Waals surface area (Å²) in [6.07, 6.45) is 1.99. The Labute approximate surface area is 129 Å². The van der Waals surface area contributed by atoms with Crippen molar-refractivity contribution < 1.29 is 18.7 Å². The van der Waals surface area contributed by atoms with Gasteiger partial charge in [-0.3, -0.25) is 4.79 Å². The van der Waals surface area contributed by atoms with Crippen LogP contribution in [0, 0.1) is 6.92 Å². The Hall–Kier alpha value is -2.18. The minimum Gasteiger partial charge on any atom is -0.441 e. The summed E-state index contributed by atoms with van der Waals surface area (Å²) in [4.78, 5) is 15.8. The van der Waals surface area contributed by atoms with Gasteiger partial charge in [-0.15, -0.1) is 0 Å². The summed E-state index contributed by atoms with van der Waals surface area (Å²) in [6.45, 7) is 3.21. The van der Waals surface area contributed by atoms with E-state index in [0.717, 1.165) is 11.3 Å². The second kappa shape index (κ2) is 8.31. The van der Waals surface area contributed by atoms with Crippen LogP contribution in [0.15, 0.2) is 34.9 Å². The molecule has 22 heavy (non-hydrogen) atoms. The first-order valence-corrected chi connectivity index (χ1v) is 7.08. The highest BCUT2D eigenvalue weighted by Crippen LogP contribution is 2.22. The smallest absolute Gasteiger partial charge is 0.226 e. The van der Waals surface area contributed by atoms with Gasteiger partial charge < -0.3 is 19.2 Å². The first-order valence-electron chi connectivity index (χ1n) is 7.08. The number of aryl methyl sites for hydroxylation is 1. The molecule has 0 radical (unpaired) electrons. The van der Waals surface area contributed by atoms with Crippen molar-refractivity contribution in [2.45, 2.75) is 13.3 Å². The Bertz CT molecular complexity index is 592. The topological polar surface area (TPSA) is 73.6 Å². The van der Waals surface area contributed by atoms with Crippen LogP contribution in [0.5, 0.6) is 0 Å². The fraction of sp³-hybridized carbons (Fsp3) is 0.375. The van der Waals surface area contributed by atoms with Crippen molar-refractivity contribution in [1.82, 2.24) is 4.98 Å². The van der Waals surface area contributed by atoms with Crippen LogP contribution in [0.3, 0.4) is 0 Å². The molecule has 0 aliphatic carbocycles. The molecule has 6 heteroatoms. The summed E-state index contributed by atoms with van der Waals surface area (Å²) in [5, 5.41) is 2.82. The lowest BCUT2D eigenvalue weighted by atomic mass is 10.1. The Morgan fingerprint density at radius 2 is 2.00 bits per heavy atom. The molecule has 0 unspecified atom stereocenters. The molecular formula is C16H20N2O4. The van der Waals surface area contributed by atoms with E-state index < -0.39 is 0 Å². The molecule has 1 aromatic heterocycles. The van der Waals surface area contributed by atoms with Crippen LogP contribution in [0.4, 0.5) is 5.69 Å². The fourth-order valence-corrected chi connectivity index (χ4v) is 1.85. The third-order valence-electron chi connectivity index (χ3n) is 2.98. The SMILES string of the molecule is COCCOCCC(=O)Nc1ccc(-c2cnc(C)o2)cc1. The summed E-state index contributed by atoms with van der Waals surface area (Å²) in [6, 6.07) is 7.42. The summed E-state index contributed by atoms with van der Waals surface area (Å²) >= 11 is 0. The predicted octanol–water partition coefficient (Wildman–Crippen LogP) is 2.64. The van der Waals surface area contributed by atoms with Gasteiger partial charge >= 0.3 is 0 Å². The molecule has 0 aliphatic heterocycles. The molecule has 0 saturated heterocycles. The molecule has 0 atom stereocenters. The number of hydrogen-bond donors (Lipinski definition) is 1. The number of nitrogens with zero attached hydrogens (tertiary/aromatic N) is 1. The highest BCUT2D eigenvalue weighted by molar-refractivity contribution is 5.90. The zero-order chi connectivity index (χ0) is 15.8. The molecule has 0 saturated carbocycles. The monoisotopic (exact) mass is 304 g/mol. The number of aromatic nitrogens is 1. The standard InChI is InChI=1S/C16H20N2O4/c1-12-17-11-15(22-12)13-3-5-14(6-4-13)18-16(19)7-8-21-10-9-20-2/h3-6,11H,7-10H2,1-2H3,(H,18,19). The van der Waals surface area contributed by atoms with Crippen LogP contribution in [-0.2, 0) is 14.3 Å². The number of methoxy groups -OCH3 is 1. The molecule has 0 spiro atoms. The molecule has 2 rings (SSSR count). The van der Waals surface area contributed by atoms with Crippen LogP contribution in [0.1, 0.15) is 12.3 Å². The number of carbonyl (C=O) groups is 1. The lowest BCUT2D eigenvalue weighted by Crippen LogP contribution is -2.15. The fourth-order valence-electron chi connectivity index (χ4n) is 1.85. The molecule has 1 aromatic carbocycles. The van der Waals surface area contributed by atoms with E-state index in [9.17, 15) is 4.79 Å². The Balaban J connectivity index is 1.79. The Morgan fingerprint density at radius 3 is 2.64 bits per heavy atom. The van der Waals surface area contributed by atoms with Crippen LogP contribution >= 0.6 is 0 Å². The van der Waals surface area contributed by atoms with Gasteiger partial charge in [-0.25, -0.2) is 4.98 Å². The maximum atomic E-state index is 11.8. The van der Waals surface area contributed by atoms with Gasteiger partial charge in [0.15, 0.2) is 11.7 Å². The highest BCUT2D eigenvalue weighted by Gasteiger charge is 2.05. The highest BCUT2D eigenvalue weighted by atomic mass is 16.5. The Kier molecular flexibility index (Phi) is 6.12. The molecule has 1 heterocycles. The molecule has 0 bridgehead atoms. The van der Waals surface area contributed by atoms with Gasteiger partial charge in [-0.2, -0.15) is 0 Å². The molecule has 1 amide bonds. The van der Waals surface area contributed by atoms with Crippen molar-refractivity contribution in [2.75, 3.05) is 32.2 Å². The van der Waals surface area contributed by atoms with E-state index in [4.69, 9.17) is 13.9 Å². The number of anilines is 1. The zero-order valence-corrected chi connectivity index (χ0v) is 12.8. The normalized spacial score (nSPS) is 10.6. The van der Waals surface area contributed by atoms with Crippen molar-refractivity contribution in [2.24, 2.45) is 0 Å². The quantitative estimate of drug-likeness (QED) is 0.759. The van der Waals surface area contributed by atoms with E-state index in [1.807, 2.05) is 24.3 Å². The molecular weight excluding hydrogens is 284 g/mol. The van der Waals surface area contributed by atoms with E-state index >= 15 is 0 Å². The average molecular weight is 304 g/mol. The minimum absolute atomic E-state index is 0.0827. The van der Waals surface area contributed by atoms with Gasteiger partial charge in [0, 0.05) is 25.3 Å². The average Bonchev–Trinajstić information content (AvgIpc) is 2.94. The van der Waals surface area contributed by atoms with Gasteiger partial charge in [0.05, 0.1) is 32.4 Å². The van der Waals surface area contributed by atoms with Gasteiger partial charge in [0.25, 0.3) is 0 Å². The molecule has 118 valence electrons. The van der Waals surface area contributed by atoms with Gasteiger partial charge in [-0.05, 0) is 24.3 Å². The van der Waals surface area contributed by atoms with Crippen molar-refractivity contribution in [3.8, 4) is 11.3 Å². The number of carbonyl (C=O) groups excluding carboxylic acids is 1. The lowest BCUT2D eigenvalue weighted by molar-refractivity contribution is -0.117. The maximum Gasteiger partial charge on any atom is 0.226 e. The Morgan fingerprint density at radius 1 is 1.23 bits per heavy atom. The summed E-state index contributed by atoms with van der Waals surface area (Å²) in [7, 11) is 1.61. The zero-order valence-electron chi connectivity index (χ0n) is 12.8. The number of amides is 1. The number of oxazole rings is 1. The number of rotatable bonds is 8. The van der Waals surface area contributed by atoms with Gasteiger partial charge in [-0.1, -0.05) is 0 Å². The molecule has 6 nitrogen and oxygen atoms in total. The molecule has 1 N–H and O–H groups in total. The first-order chi connectivity index (χ1) is 10.7. The predicted molar refractivity (Wildman–Crippen MR) is 82.6 cm³/mol. The summed E-state index contributed by atoms with van der Waals surface area (Å²) < 4.78 is 15.6. The second-order valence-corrected chi connectivity index (χ2v) is 4.72. The second-order valence-electron chi connectivity index (χ2n) is 4.72. The summed E-state index contributed by atoms with van der Waals surface area (Å²) in [5.74, 6) is 1.25. The van der Waals surface area contributed by atoms with E-state index in [0.29, 0.717) is 37.9 Å². The third kappa shape index (κ3) is 4.98. The van der Waals surface area contributed by atoms with Gasteiger partial charge in [0.2, 0.25) is 5.91 Å². The van der Waals surface area contributed by atoms with E-state index in [1.54, 1.807) is 20.2 Å². The van der Waals surface area contributed by atoms with Crippen LogP contribution in [0.25, 0.3) is 11.3 Å². The van der Waals surface area contributed by atoms with Crippen molar-refractivity contribution >= 4 is 11.6 Å². The van der Waals surface area contributed by atoms with E-state index in [1.165, 1.54) is 0 Å². The number of nitrogens with one attached hydrogen (secondary N) is 1. The van der Waals surface area contributed by atoms with Crippen LogP contribution < -0.4 is 5.32 Å². The van der Waals surface area contributed by atoms with Gasteiger partial charge in [0.1, 0.15) is 0 Å². The van der Waals surface area contributed by atoms with Crippen LogP contribution in [-0.4, -0.2) is 37.8 Å². The number of ether oxygens (including phenoxy) is 2. The molecule has 0 aliphatic rings. The number of hydrogen-bond acceptors (Lipinski definition) is 5. The first kappa shape index (κ1) is 16.2. The summed E-state index contributed by atoms with van der Waals surface area (Å²) in [5.41, 5.74) is 1.66. The van der Waals surface area contributed by atoms with Crippen LogP contribution in [0.2, 0.25) is 0 Å². The largest absolute Gasteiger partial charge is 0.441 e. The van der Waals surface area contributed by atoms with Crippen molar-refractivity contribution in [3.05, 3.63) is 36.4 Å². The maximum absolute atomic E-state index is 11.8. The lowest BCUT2D eigenvalue weighted by Gasteiger charge is -2.06. The van der Waals surface area contributed by atoms with Crippen molar-refractivity contribution in [1.29, 1.82) is 0 Å². The molecule has 2 aromatic rings. The van der Waals surface area contributed by atoms with E-state index in [-0.39, 0.29) is 5.91 Å². The minimum atomic E-state index is -0.0827.